The van der Waals surface area contributed by atoms with Crippen LogP contribution in [0.1, 0.15) is 75.2 Å². The average molecular weight is 529 g/mol. The van der Waals surface area contributed by atoms with E-state index in [4.69, 9.17) is 5.11 Å². The first kappa shape index (κ1) is 30.8. The van der Waals surface area contributed by atoms with Crippen LogP contribution in [0.2, 0.25) is 0 Å². The second kappa shape index (κ2) is 15.7. The lowest BCUT2D eigenvalue weighted by atomic mass is 9.95. The number of anilines is 1. The van der Waals surface area contributed by atoms with E-state index in [0.717, 1.165) is 57.7 Å². The zero-order valence-corrected chi connectivity index (χ0v) is 22.5. The molecular weight excluding hydrogens is 487 g/mol. The third-order valence-electron chi connectivity index (χ3n) is 6.67. The normalized spacial score (nSPS) is 16.2. The van der Waals surface area contributed by atoms with Crippen molar-refractivity contribution in [1.82, 2.24) is 15.2 Å². The number of rotatable bonds is 7. The van der Waals surface area contributed by atoms with Crippen molar-refractivity contribution in [3.63, 3.8) is 0 Å². The number of nitrogens with zero attached hydrogens (tertiary/aromatic N) is 1. The molecule has 2 aliphatic rings. The van der Waals surface area contributed by atoms with E-state index in [-0.39, 0.29) is 29.6 Å². The molecule has 1 saturated carbocycles. The second-order valence-corrected chi connectivity index (χ2v) is 9.04. The maximum absolute atomic E-state index is 15.1. The summed E-state index contributed by atoms with van der Waals surface area (Å²) < 4.78 is 17.0. The van der Waals surface area contributed by atoms with E-state index in [0.29, 0.717) is 11.2 Å². The highest BCUT2D eigenvalue weighted by atomic mass is 19.1. The van der Waals surface area contributed by atoms with Gasteiger partial charge >= 0.3 is 5.97 Å². The van der Waals surface area contributed by atoms with Gasteiger partial charge in [0.05, 0.1) is 11.2 Å². The summed E-state index contributed by atoms with van der Waals surface area (Å²) in [6, 6.07) is 3.22. The Hall–Kier alpha value is -3.46. The van der Waals surface area contributed by atoms with Gasteiger partial charge in [-0.2, -0.15) is 0 Å². The fourth-order valence-corrected chi connectivity index (χ4v) is 4.90. The third kappa shape index (κ3) is 8.02. The molecule has 9 heteroatoms. The van der Waals surface area contributed by atoms with Crippen molar-refractivity contribution in [3.8, 4) is 0 Å². The lowest BCUT2D eigenvalue weighted by molar-refractivity contribution is -0.131. The molecule has 2 fully saturated rings. The van der Waals surface area contributed by atoms with E-state index in [2.05, 4.69) is 29.1 Å². The van der Waals surface area contributed by atoms with Gasteiger partial charge in [-0.25, -0.2) is 9.18 Å². The SMILES string of the molecule is C=C.CC.O=C(O)/C=C/CNC(=O)c1cn(C2CCNCC2)c2cc(NC3CCCCC3)c(F)cc2c1=O. The number of hydrogen-bond acceptors (Lipinski definition) is 5. The van der Waals surface area contributed by atoms with Gasteiger partial charge in [0.15, 0.2) is 0 Å². The van der Waals surface area contributed by atoms with Crippen LogP contribution in [0.3, 0.4) is 0 Å². The average Bonchev–Trinajstić information content (AvgIpc) is 2.95. The zero-order valence-electron chi connectivity index (χ0n) is 22.5. The molecule has 0 spiro atoms. The van der Waals surface area contributed by atoms with Gasteiger partial charge in [-0.05, 0) is 50.9 Å². The second-order valence-electron chi connectivity index (χ2n) is 9.04. The number of fused-ring (bicyclic) bond motifs is 1. The van der Waals surface area contributed by atoms with E-state index >= 15 is 4.39 Å². The van der Waals surface area contributed by atoms with E-state index in [1.807, 2.05) is 18.4 Å². The van der Waals surface area contributed by atoms with Crippen LogP contribution >= 0.6 is 0 Å². The van der Waals surface area contributed by atoms with Gasteiger partial charge in [0, 0.05) is 36.3 Å². The van der Waals surface area contributed by atoms with Gasteiger partial charge in [0.25, 0.3) is 5.91 Å². The largest absolute Gasteiger partial charge is 0.478 e. The first-order valence-electron chi connectivity index (χ1n) is 13.5. The van der Waals surface area contributed by atoms with Crippen LogP contribution in [-0.4, -0.2) is 47.2 Å². The molecule has 2 heterocycles. The fraction of sp³-hybridized carbons (Fsp3) is 0.483. The van der Waals surface area contributed by atoms with Crippen molar-refractivity contribution >= 4 is 28.5 Å². The van der Waals surface area contributed by atoms with Crippen LogP contribution in [0.4, 0.5) is 10.1 Å². The molecule has 0 bridgehead atoms. The quantitative estimate of drug-likeness (QED) is 0.297. The van der Waals surface area contributed by atoms with Gasteiger partial charge in [-0.3, -0.25) is 9.59 Å². The Labute approximate surface area is 224 Å². The molecule has 1 aliphatic heterocycles. The molecule has 0 radical (unpaired) electrons. The number of aromatic nitrogens is 1. The molecule has 4 N–H and O–H groups in total. The Morgan fingerprint density at radius 1 is 1.13 bits per heavy atom. The summed E-state index contributed by atoms with van der Waals surface area (Å²) in [6.45, 7) is 11.6. The van der Waals surface area contributed by atoms with Crippen LogP contribution in [-0.2, 0) is 4.79 Å². The van der Waals surface area contributed by atoms with Crippen LogP contribution in [0, 0.1) is 5.82 Å². The number of aliphatic carboxylic acids is 1. The number of pyridine rings is 1. The Kier molecular flexibility index (Phi) is 12.7. The minimum atomic E-state index is -1.12. The summed E-state index contributed by atoms with van der Waals surface area (Å²) in [5, 5.41) is 18.1. The predicted octanol–water partition coefficient (Wildman–Crippen LogP) is 5.01. The number of amides is 1. The highest BCUT2D eigenvalue weighted by Gasteiger charge is 2.23. The first-order valence-corrected chi connectivity index (χ1v) is 13.5. The van der Waals surface area contributed by atoms with Gasteiger partial charge < -0.3 is 25.6 Å². The molecule has 2 aromatic rings. The van der Waals surface area contributed by atoms with E-state index in [1.54, 1.807) is 12.3 Å². The van der Waals surface area contributed by atoms with Gasteiger partial charge in [0.2, 0.25) is 5.43 Å². The number of halogens is 1. The van der Waals surface area contributed by atoms with Crippen LogP contribution < -0.4 is 21.4 Å². The summed E-state index contributed by atoms with van der Waals surface area (Å²) in [5.41, 5.74) is 0.376. The molecule has 8 nitrogen and oxygen atoms in total. The molecule has 0 unspecified atom stereocenters. The maximum atomic E-state index is 15.1. The third-order valence-corrected chi connectivity index (χ3v) is 6.67. The Bertz CT molecular complexity index is 1170. The molecule has 1 aromatic carbocycles. The fourth-order valence-electron chi connectivity index (χ4n) is 4.90. The standard InChI is InChI=1S/C25H31FN4O4.C2H6.C2H4/c26-20-13-18-22(14-21(20)29-16-5-2-1-3-6-16)30(17-8-11-27-12-9-17)15-19(24(18)33)25(34)28-10-4-7-23(31)32;2*1-2/h4,7,13-17,27,29H,1-3,5-6,8-12H2,(H,28,34)(H,31,32);1-2H3;1-2H2/b7-4+;;. The highest BCUT2D eigenvalue weighted by Crippen LogP contribution is 2.29. The van der Waals surface area contributed by atoms with Crippen molar-refractivity contribution in [1.29, 1.82) is 0 Å². The molecule has 0 atom stereocenters. The Balaban J connectivity index is 0.00000121. The van der Waals surface area contributed by atoms with Crippen molar-refractivity contribution in [3.05, 3.63) is 65.2 Å². The minimum absolute atomic E-state index is 0.0332. The molecule has 1 saturated heterocycles. The molecule has 1 aromatic heterocycles. The first-order chi connectivity index (χ1) is 18.4. The highest BCUT2D eigenvalue weighted by molar-refractivity contribution is 5.98. The van der Waals surface area contributed by atoms with Crippen molar-refractivity contribution < 1.29 is 19.1 Å². The topological polar surface area (TPSA) is 112 Å². The minimum Gasteiger partial charge on any atom is -0.478 e. The zero-order chi connectivity index (χ0) is 28.1. The van der Waals surface area contributed by atoms with Gasteiger partial charge in [-0.1, -0.05) is 39.2 Å². The summed E-state index contributed by atoms with van der Waals surface area (Å²) >= 11 is 0. The van der Waals surface area contributed by atoms with E-state index in [1.165, 1.54) is 18.6 Å². The lowest BCUT2D eigenvalue weighted by Crippen LogP contribution is -2.33. The molecule has 4 rings (SSSR count). The van der Waals surface area contributed by atoms with Crippen LogP contribution in [0.5, 0.6) is 0 Å². The van der Waals surface area contributed by atoms with E-state index in [9.17, 15) is 14.4 Å². The predicted molar refractivity (Wildman–Crippen MR) is 152 cm³/mol. The summed E-state index contributed by atoms with van der Waals surface area (Å²) in [4.78, 5) is 36.6. The molecular formula is C29H41FN4O4. The molecule has 1 amide bonds. The number of carboxylic acid groups (broad SMARTS) is 1. The van der Waals surface area contributed by atoms with Crippen molar-refractivity contribution in [2.75, 3.05) is 25.0 Å². The summed E-state index contributed by atoms with van der Waals surface area (Å²) in [6.07, 6.45) is 10.8. The van der Waals surface area contributed by atoms with Gasteiger partial charge in [-0.15, -0.1) is 13.2 Å². The van der Waals surface area contributed by atoms with E-state index < -0.39 is 23.1 Å². The smallest absolute Gasteiger partial charge is 0.328 e. The monoisotopic (exact) mass is 528 g/mol. The van der Waals surface area contributed by atoms with Crippen LogP contribution in [0.15, 0.2) is 48.4 Å². The number of carbonyl (C=O) groups excluding carboxylic acids is 1. The maximum Gasteiger partial charge on any atom is 0.328 e. The number of benzene rings is 1. The number of carbonyl (C=O) groups is 2. The van der Waals surface area contributed by atoms with Crippen molar-refractivity contribution in [2.45, 2.75) is 70.9 Å². The number of piperidine rings is 1. The van der Waals surface area contributed by atoms with Gasteiger partial charge in [0.1, 0.15) is 11.4 Å². The summed E-state index contributed by atoms with van der Waals surface area (Å²) in [5.74, 6) is -2.25. The molecule has 38 heavy (non-hydrogen) atoms. The Morgan fingerprint density at radius 3 is 2.42 bits per heavy atom. The summed E-state index contributed by atoms with van der Waals surface area (Å²) in [7, 11) is 0. The lowest BCUT2D eigenvalue weighted by Gasteiger charge is -2.28. The number of hydrogen-bond donors (Lipinski definition) is 4. The number of carboxylic acids is 1. The molecule has 208 valence electrons. The van der Waals surface area contributed by atoms with Crippen molar-refractivity contribution in [2.24, 2.45) is 0 Å². The molecule has 1 aliphatic carbocycles. The number of nitrogens with one attached hydrogen (secondary N) is 3. The van der Waals surface area contributed by atoms with Crippen LogP contribution in [0.25, 0.3) is 10.9 Å². The Morgan fingerprint density at radius 2 is 1.79 bits per heavy atom.